The van der Waals surface area contributed by atoms with Crippen molar-refractivity contribution in [2.45, 2.75) is 6.61 Å². The molecule has 0 aliphatic rings. The van der Waals surface area contributed by atoms with Gasteiger partial charge in [-0.2, -0.15) is 0 Å². The Morgan fingerprint density at radius 1 is 1.04 bits per heavy atom. The van der Waals surface area contributed by atoms with Gasteiger partial charge >= 0.3 is 5.97 Å². The molecular weight excluding hydrogens is 298 g/mol. The second-order valence-corrected chi connectivity index (χ2v) is 4.61. The van der Waals surface area contributed by atoms with Crippen molar-refractivity contribution in [2.24, 2.45) is 0 Å². The van der Waals surface area contributed by atoms with Crippen molar-refractivity contribution in [3.05, 3.63) is 81.9 Å². The smallest absolute Gasteiger partial charge is 0.379 e. The summed E-state index contributed by atoms with van der Waals surface area (Å²) < 4.78 is 4.87. The van der Waals surface area contributed by atoms with Crippen LogP contribution in [-0.2, 0) is 20.9 Å². The van der Waals surface area contributed by atoms with E-state index in [2.05, 4.69) is 0 Å². The van der Waals surface area contributed by atoms with Crippen LogP contribution < -0.4 is 0 Å². The number of nitro groups is 1. The highest BCUT2D eigenvalue weighted by Crippen LogP contribution is 2.12. The van der Waals surface area contributed by atoms with Gasteiger partial charge in [0.05, 0.1) is 4.92 Å². The fraction of sp³-hybridized carbons (Fsp3) is 0.0588. The lowest BCUT2D eigenvalue weighted by atomic mass is 10.2. The minimum Gasteiger partial charge on any atom is -0.455 e. The van der Waals surface area contributed by atoms with Gasteiger partial charge in [0.1, 0.15) is 6.61 Å². The highest BCUT2D eigenvalue weighted by molar-refractivity contribution is 6.39. The van der Waals surface area contributed by atoms with E-state index >= 15 is 0 Å². The van der Waals surface area contributed by atoms with Crippen molar-refractivity contribution >= 4 is 23.5 Å². The van der Waals surface area contributed by atoms with Gasteiger partial charge in [-0.3, -0.25) is 14.9 Å². The van der Waals surface area contributed by atoms with Gasteiger partial charge in [0.2, 0.25) is 0 Å². The third kappa shape index (κ3) is 4.89. The van der Waals surface area contributed by atoms with Crippen molar-refractivity contribution in [3.8, 4) is 0 Å². The number of nitrogens with zero attached hydrogens (tertiary/aromatic N) is 1. The molecule has 2 rings (SSSR count). The Kier molecular flexibility index (Phi) is 5.35. The molecule has 0 saturated carbocycles. The molecule has 0 amide bonds. The van der Waals surface area contributed by atoms with Crippen molar-refractivity contribution in [2.75, 3.05) is 0 Å². The summed E-state index contributed by atoms with van der Waals surface area (Å²) in [6.07, 6.45) is 2.67. The fourth-order valence-corrected chi connectivity index (χ4v) is 1.74. The number of non-ortho nitro benzene ring substituents is 1. The van der Waals surface area contributed by atoms with E-state index in [1.54, 1.807) is 12.1 Å². The van der Waals surface area contributed by atoms with E-state index in [1.165, 1.54) is 30.3 Å². The van der Waals surface area contributed by atoms with E-state index in [9.17, 15) is 19.7 Å². The van der Waals surface area contributed by atoms with Crippen LogP contribution in [-0.4, -0.2) is 16.7 Å². The number of benzene rings is 2. The van der Waals surface area contributed by atoms with Gasteiger partial charge in [-0.05, 0) is 29.3 Å². The first-order chi connectivity index (χ1) is 11.1. The van der Waals surface area contributed by atoms with Crippen molar-refractivity contribution in [1.82, 2.24) is 0 Å². The Balaban J connectivity index is 1.87. The van der Waals surface area contributed by atoms with Crippen LogP contribution in [0.1, 0.15) is 11.1 Å². The van der Waals surface area contributed by atoms with Crippen LogP contribution in [0.15, 0.2) is 60.7 Å². The van der Waals surface area contributed by atoms with E-state index < -0.39 is 16.7 Å². The number of carbonyl (C=O) groups is 2. The molecule has 0 spiro atoms. The summed E-state index contributed by atoms with van der Waals surface area (Å²) in [4.78, 5) is 33.2. The molecule has 0 unspecified atom stereocenters. The Bertz CT molecular complexity index is 735. The van der Waals surface area contributed by atoms with E-state index in [0.29, 0.717) is 5.56 Å². The molecule has 6 heteroatoms. The molecule has 0 fully saturated rings. The third-order valence-electron chi connectivity index (χ3n) is 2.95. The van der Waals surface area contributed by atoms with Gasteiger partial charge in [-0.25, -0.2) is 4.79 Å². The lowest BCUT2D eigenvalue weighted by molar-refractivity contribution is -0.384. The van der Waals surface area contributed by atoms with Crippen molar-refractivity contribution in [3.63, 3.8) is 0 Å². The lowest BCUT2D eigenvalue weighted by Crippen LogP contribution is -2.14. The standard InChI is InChI=1S/C17H13NO5/c19-16(11-8-13-4-2-1-3-5-13)17(20)23-12-14-6-9-15(10-7-14)18(21)22/h1-11H,12H2/b11-8+. The average molecular weight is 311 g/mol. The fourth-order valence-electron chi connectivity index (χ4n) is 1.74. The van der Waals surface area contributed by atoms with E-state index in [0.717, 1.165) is 11.6 Å². The number of esters is 1. The zero-order valence-electron chi connectivity index (χ0n) is 12.0. The Labute approximate surface area is 132 Å². The summed E-state index contributed by atoms with van der Waals surface area (Å²) in [6.45, 7) is -0.123. The summed E-state index contributed by atoms with van der Waals surface area (Å²) in [6, 6.07) is 14.6. The monoisotopic (exact) mass is 311 g/mol. The molecule has 2 aromatic carbocycles. The van der Waals surface area contributed by atoms with Crippen LogP contribution in [0.2, 0.25) is 0 Å². The largest absolute Gasteiger partial charge is 0.455 e. The van der Waals surface area contributed by atoms with Crippen LogP contribution in [0.5, 0.6) is 0 Å². The molecule has 0 atom stereocenters. The van der Waals surface area contributed by atoms with E-state index in [-0.39, 0.29) is 12.3 Å². The first-order valence-electron chi connectivity index (χ1n) is 6.74. The van der Waals surface area contributed by atoms with E-state index in [4.69, 9.17) is 4.74 Å². The first-order valence-corrected chi connectivity index (χ1v) is 6.74. The predicted octanol–water partition coefficient (Wildman–Crippen LogP) is 2.92. The maximum Gasteiger partial charge on any atom is 0.379 e. The van der Waals surface area contributed by atoms with Gasteiger partial charge in [-0.15, -0.1) is 0 Å². The minimum absolute atomic E-state index is 0.0538. The molecule has 0 aromatic heterocycles. The molecule has 6 nitrogen and oxygen atoms in total. The highest BCUT2D eigenvalue weighted by atomic mass is 16.6. The SMILES string of the molecule is O=C(/C=C/c1ccccc1)C(=O)OCc1ccc([N+](=O)[O-])cc1. The Morgan fingerprint density at radius 2 is 1.70 bits per heavy atom. The number of hydrogen-bond donors (Lipinski definition) is 0. The molecule has 0 saturated heterocycles. The highest BCUT2D eigenvalue weighted by Gasteiger charge is 2.12. The maximum absolute atomic E-state index is 11.6. The Hall–Kier alpha value is -3.28. The number of rotatable bonds is 6. The third-order valence-corrected chi connectivity index (χ3v) is 2.95. The molecule has 116 valence electrons. The molecule has 0 aliphatic carbocycles. The topological polar surface area (TPSA) is 86.5 Å². The van der Waals surface area contributed by atoms with Gasteiger partial charge in [0.25, 0.3) is 11.5 Å². The van der Waals surface area contributed by atoms with Gasteiger partial charge < -0.3 is 4.74 Å². The number of carbonyl (C=O) groups excluding carboxylic acids is 2. The molecular formula is C17H13NO5. The molecule has 0 heterocycles. The number of ether oxygens (including phenoxy) is 1. The molecule has 0 radical (unpaired) electrons. The molecule has 2 aromatic rings. The zero-order chi connectivity index (χ0) is 16.7. The second kappa shape index (κ2) is 7.65. The average Bonchev–Trinajstić information content (AvgIpc) is 2.58. The van der Waals surface area contributed by atoms with Crippen LogP contribution >= 0.6 is 0 Å². The van der Waals surface area contributed by atoms with Gasteiger partial charge in [0, 0.05) is 12.1 Å². The second-order valence-electron chi connectivity index (χ2n) is 4.61. The van der Waals surface area contributed by atoms with Gasteiger partial charge in [0.15, 0.2) is 0 Å². The summed E-state index contributed by atoms with van der Waals surface area (Å²) in [7, 11) is 0. The molecule has 0 aliphatic heterocycles. The van der Waals surface area contributed by atoms with Crippen LogP contribution in [0.3, 0.4) is 0 Å². The van der Waals surface area contributed by atoms with Gasteiger partial charge in [-0.1, -0.05) is 36.4 Å². The quantitative estimate of drug-likeness (QED) is 0.269. The molecule has 0 bridgehead atoms. The maximum atomic E-state index is 11.6. The number of nitro benzene ring substituents is 1. The summed E-state index contributed by atoms with van der Waals surface area (Å²) in [5, 5.41) is 10.5. The first kappa shape index (κ1) is 16.1. The van der Waals surface area contributed by atoms with Crippen LogP contribution in [0.4, 0.5) is 5.69 Å². The minimum atomic E-state index is -0.976. The summed E-state index contributed by atoms with van der Waals surface area (Å²) in [5.41, 5.74) is 1.30. The number of ketones is 1. The molecule has 23 heavy (non-hydrogen) atoms. The van der Waals surface area contributed by atoms with Crippen molar-refractivity contribution in [1.29, 1.82) is 0 Å². The lowest BCUT2D eigenvalue weighted by Gasteiger charge is -2.02. The zero-order valence-corrected chi connectivity index (χ0v) is 12.0. The summed E-state index contributed by atoms with van der Waals surface area (Å²) >= 11 is 0. The van der Waals surface area contributed by atoms with E-state index in [1.807, 2.05) is 18.2 Å². The normalized spacial score (nSPS) is 10.4. The summed E-state index contributed by atoms with van der Waals surface area (Å²) in [5.74, 6) is -1.74. The van der Waals surface area contributed by atoms with Crippen LogP contribution in [0.25, 0.3) is 6.08 Å². The van der Waals surface area contributed by atoms with Crippen molar-refractivity contribution < 1.29 is 19.2 Å². The predicted molar refractivity (Wildman–Crippen MR) is 83.4 cm³/mol. The Morgan fingerprint density at radius 3 is 2.30 bits per heavy atom. The molecule has 0 N–H and O–H groups in total. The van der Waals surface area contributed by atoms with Crippen LogP contribution in [0, 0.1) is 10.1 Å². The number of hydrogen-bond acceptors (Lipinski definition) is 5.